The topological polar surface area (TPSA) is 104 Å². The van der Waals surface area contributed by atoms with Gasteiger partial charge in [0.1, 0.15) is 4.90 Å². The number of halogens is 1. The Kier molecular flexibility index (Phi) is 7.70. The number of nitrogens with one attached hydrogen (secondary N) is 1. The summed E-state index contributed by atoms with van der Waals surface area (Å²) in [4.78, 5) is 23.3. The first-order valence-corrected chi connectivity index (χ1v) is 11.4. The first-order valence-electron chi connectivity index (χ1n) is 8.49. The Balaban J connectivity index is 2.03. The van der Waals surface area contributed by atoms with Gasteiger partial charge < -0.3 is 10.4 Å². The van der Waals surface area contributed by atoms with E-state index in [4.69, 9.17) is 16.7 Å². The van der Waals surface area contributed by atoms with E-state index in [1.54, 1.807) is 19.1 Å². The van der Waals surface area contributed by atoms with E-state index in [-0.39, 0.29) is 21.4 Å². The molecule has 0 aromatic heterocycles. The number of amides is 1. The molecule has 10 heteroatoms. The van der Waals surface area contributed by atoms with Gasteiger partial charge in [-0.1, -0.05) is 23.7 Å². The lowest BCUT2D eigenvalue weighted by Gasteiger charge is -2.15. The molecule has 0 saturated carbocycles. The lowest BCUT2D eigenvalue weighted by atomic mass is 10.1. The SMILES string of the molecule is CC(SCc1ccc(C(=O)O)cc1)C(=O)Nc1ccc(Cl)c(S(=O)(=O)N(C)C)c1. The third kappa shape index (κ3) is 5.96. The summed E-state index contributed by atoms with van der Waals surface area (Å²) < 4.78 is 25.7. The first-order chi connectivity index (χ1) is 13.5. The average Bonchev–Trinajstić information content (AvgIpc) is 2.67. The number of thioether (sulfide) groups is 1. The van der Waals surface area contributed by atoms with Gasteiger partial charge in [0, 0.05) is 25.5 Å². The van der Waals surface area contributed by atoms with E-state index in [9.17, 15) is 18.0 Å². The van der Waals surface area contributed by atoms with Gasteiger partial charge in [0.2, 0.25) is 15.9 Å². The molecular weight excluding hydrogens is 436 g/mol. The Morgan fingerprint density at radius 3 is 2.34 bits per heavy atom. The summed E-state index contributed by atoms with van der Waals surface area (Å²) in [6, 6.07) is 10.7. The molecule has 0 bridgehead atoms. The van der Waals surface area contributed by atoms with E-state index in [1.165, 1.54) is 56.2 Å². The fourth-order valence-corrected chi connectivity index (χ4v) is 4.50. The van der Waals surface area contributed by atoms with Gasteiger partial charge >= 0.3 is 5.97 Å². The molecule has 1 atom stereocenters. The highest BCUT2D eigenvalue weighted by atomic mass is 35.5. The van der Waals surface area contributed by atoms with Crippen molar-refractivity contribution in [3.63, 3.8) is 0 Å². The molecule has 1 unspecified atom stereocenters. The molecule has 29 heavy (non-hydrogen) atoms. The Morgan fingerprint density at radius 2 is 1.79 bits per heavy atom. The van der Waals surface area contributed by atoms with E-state index >= 15 is 0 Å². The second-order valence-electron chi connectivity index (χ2n) is 6.38. The number of hydrogen-bond acceptors (Lipinski definition) is 5. The van der Waals surface area contributed by atoms with Crippen LogP contribution in [0.1, 0.15) is 22.8 Å². The van der Waals surface area contributed by atoms with Gasteiger partial charge in [0.25, 0.3) is 0 Å². The van der Waals surface area contributed by atoms with Gasteiger partial charge in [-0.15, -0.1) is 11.8 Å². The number of nitrogens with zero attached hydrogens (tertiary/aromatic N) is 1. The summed E-state index contributed by atoms with van der Waals surface area (Å²) in [6.07, 6.45) is 0. The summed E-state index contributed by atoms with van der Waals surface area (Å²) in [5.74, 6) is -0.752. The lowest BCUT2D eigenvalue weighted by Crippen LogP contribution is -2.24. The van der Waals surface area contributed by atoms with E-state index < -0.39 is 21.2 Å². The highest BCUT2D eigenvalue weighted by Gasteiger charge is 2.22. The van der Waals surface area contributed by atoms with Gasteiger partial charge in [-0.05, 0) is 42.8 Å². The molecule has 7 nitrogen and oxygen atoms in total. The van der Waals surface area contributed by atoms with Crippen LogP contribution in [-0.2, 0) is 20.6 Å². The highest BCUT2D eigenvalue weighted by molar-refractivity contribution is 7.99. The molecule has 0 radical (unpaired) electrons. The summed E-state index contributed by atoms with van der Waals surface area (Å²) in [5, 5.41) is 11.3. The predicted molar refractivity (Wildman–Crippen MR) is 115 cm³/mol. The maximum absolute atomic E-state index is 12.5. The smallest absolute Gasteiger partial charge is 0.335 e. The summed E-state index contributed by atoms with van der Waals surface area (Å²) in [5.41, 5.74) is 1.43. The van der Waals surface area contributed by atoms with Crippen molar-refractivity contribution in [2.75, 3.05) is 19.4 Å². The van der Waals surface area contributed by atoms with Crippen LogP contribution in [0.3, 0.4) is 0 Å². The van der Waals surface area contributed by atoms with Crippen molar-refractivity contribution in [2.24, 2.45) is 0 Å². The number of carboxylic acid groups (broad SMARTS) is 1. The monoisotopic (exact) mass is 456 g/mol. The third-order valence-corrected chi connectivity index (χ3v) is 7.54. The second kappa shape index (κ2) is 9.62. The van der Waals surface area contributed by atoms with Crippen molar-refractivity contribution >= 4 is 50.9 Å². The average molecular weight is 457 g/mol. The number of hydrogen-bond donors (Lipinski definition) is 2. The van der Waals surface area contributed by atoms with E-state index in [0.29, 0.717) is 11.4 Å². The quantitative estimate of drug-likeness (QED) is 0.629. The predicted octanol–water partition coefficient (Wildman–Crippen LogP) is 3.55. The molecule has 2 N–H and O–H groups in total. The molecule has 0 spiro atoms. The van der Waals surface area contributed by atoms with Crippen molar-refractivity contribution in [3.8, 4) is 0 Å². The number of sulfonamides is 1. The van der Waals surface area contributed by atoms with Crippen molar-refractivity contribution in [1.82, 2.24) is 4.31 Å². The van der Waals surface area contributed by atoms with Crippen molar-refractivity contribution in [1.29, 1.82) is 0 Å². The van der Waals surface area contributed by atoms with Crippen LogP contribution in [0.25, 0.3) is 0 Å². The van der Waals surface area contributed by atoms with Crippen LogP contribution in [0.5, 0.6) is 0 Å². The number of carbonyl (C=O) groups excluding carboxylic acids is 1. The molecule has 0 fully saturated rings. The number of anilines is 1. The second-order valence-corrected chi connectivity index (χ2v) is 10.2. The molecule has 1 amide bonds. The zero-order valence-electron chi connectivity index (χ0n) is 16.0. The molecule has 0 saturated heterocycles. The zero-order chi connectivity index (χ0) is 21.8. The third-order valence-electron chi connectivity index (χ3n) is 4.03. The van der Waals surface area contributed by atoms with Crippen molar-refractivity contribution in [3.05, 3.63) is 58.6 Å². The van der Waals surface area contributed by atoms with Crippen molar-refractivity contribution < 1.29 is 23.1 Å². The van der Waals surface area contributed by atoms with E-state index in [2.05, 4.69) is 5.32 Å². The molecule has 2 rings (SSSR count). The van der Waals surface area contributed by atoms with Crippen LogP contribution in [0.2, 0.25) is 5.02 Å². The van der Waals surface area contributed by atoms with Gasteiger partial charge in [-0.3, -0.25) is 4.79 Å². The maximum Gasteiger partial charge on any atom is 0.335 e. The molecule has 0 aliphatic carbocycles. The summed E-state index contributed by atoms with van der Waals surface area (Å²) in [6.45, 7) is 1.74. The molecule has 156 valence electrons. The molecular formula is C19H21ClN2O5S2. The minimum Gasteiger partial charge on any atom is -0.478 e. The zero-order valence-corrected chi connectivity index (χ0v) is 18.4. The Morgan fingerprint density at radius 1 is 1.17 bits per heavy atom. The van der Waals surface area contributed by atoms with Crippen molar-refractivity contribution in [2.45, 2.75) is 22.8 Å². The van der Waals surface area contributed by atoms with Gasteiger partial charge in [0.15, 0.2) is 0 Å². The van der Waals surface area contributed by atoms with Crippen LogP contribution in [0.4, 0.5) is 5.69 Å². The molecule has 0 heterocycles. The lowest BCUT2D eigenvalue weighted by molar-refractivity contribution is -0.115. The Labute approximate surface area is 179 Å². The Bertz CT molecular complexity index is 1010. The van der Waals surface area contributed by atoms with E-state index in [1.807, 2.05) is 0 Å². The fourth-order valence-electron chi connectivity index (χ4n) is 2.26. The standard InChI is InChI=1S/C19H21ClN2O5S2/c1-12(28-11-13-4-6-14(7-5-13)19(24)25)18(23)21-15-8-9-16(20)17(10-15)29(26,27)22(2)3/h4-10,12H,11H2,1-3H3,(H,21,23)(H,24,25). The minimum atomic E-state index is -3.74. The van der Waals surface area contributed by atoms with Crippen LogP contribution in [-0.4, -0.2) is 49.1 Å². The number of aromatic carboxylic acids is 1. The summed E-state index contributed by atoms with van der Waals surface area (Å²) in [7, 11) is -0.936. The minimum absolute atomic E-state index is 0.0731. The number of benzene rings is 2. The highest BCUT2D eigenvalue weighted by Crippen LogP contribution is 2.27. The van der Waals surface area contributed by atoms with E-state index in [0.717, 1.165) is 9.87 Å². The summed E-state index contributed by atoms with van der Waals surface area (Å²) >= 11 is 7.39. The van der Waals surface area contributed by atoms with Gasteiger partial charge in [-0.25, -0.2) is 17.5 Å². The van der Waals surface area contributed by atoms with Crippen LogP contribution >= 0.6 is 23.4 Å². The normalized spacial score (nSPS) is 12.6. The molecule has 0 aliphatic rings. The molecule has 2 aromatic rings. The van der Waals surface area contributed by atoms with Gasteiger partial charge in [-0.2, -0.15) is 0 Å². The van der Waals surface area contributed by atoms with Gasteiger partial charge in [0.05, 0.1) is 15.8 Å². The number of rotatable bonds is 8. The molecule has 2 aromatic carbocycles. The first kappa shape index (κ1) is 23.2. The van der Waals surface area contributed by atoms with Crippen LogP contribution in [0.15, 0.2) is 47.4 Å². The number of carbonyl (C=O) groups is 2. The largest absolute Gasteiger partial charge is 0.478 e. The number of carboxylic acids is 1. The van der Waals surface area contributed by atoms with Crippen LogP contribution in [0, 0.1) is 0 Å². The maximum atomic E-state index is 12.5. The molecule has 0 aliphatic heterocycles. The Hall–Kier alpha value is -2.07. The fraction of sp³-hybridized carbons (Fsp3) is 0.263. The van der Waals surface area contributed by atoms with Crippen LogP contribution < -0.4 is 5.32 Å².